The molecule has 58 valence electrons. The molecule has 0 amide bonds. The van der Waals surface area contributed by atoms with Gasteiger partial charge in [0.05, 0.1) is 12.7 Å². The molecule has 1 atom stereocenters. The summed E-state index contributed by atoms with van der Waals surface area (Å²) < 4.78 is 1.80. The number of hydrogen-bond acceptors (Lipinski definition) is 4. The van der Waals surface area contributed by atoms with E-state index in [1.165, 1.54) is 6.34 Å². The van der Waals surface area contributed by atoms with Gasteiger partial charge in [0.15, 0.2) is 6.23 Å². The molecule has 0 saturated heterocycles. The number of aliphatic hydroxyl groups excluding tert-OH is 1. The van der Waals surface area contributed by atoms with Crippen LogP contribution in [0.25, 0.3) is 0 Å². The zero-order valence-corrected chi connectivity index (χ0v) is 6.02. The molecule has 0 radical (unpaired) electrons. The fourth-order valence-electron chi connectivity index (χ4n) is 1.05. The van der Waals surface area contributed by atoms with Crippen molar-refractivity contribution in [2.45, 2.75) is 6.23 Å². The Morgan fingerprint density at radius 1 is 1.73 bits per heavy atom. The lowest BCUT2D eigenvalue weighted by molar-refractivity contribution is 0.184. The van der Waals surface area contributed by atoms with E-state index in [4.69, 9.17) is 0 Å². The first-order valence-corrected chi connectivity index (χ1v) is 3.26. The summed E-state index contributed by atoms with van der Waals surface area (Å²) in [5.41, 5.74) is 0.579. The number of imidazole rings is 1. The molecule has 2 rings (SSSR count). The zero-order chi connectivity index (χ0) is 7.84. The Kier molecular flexibility index (Phi) is 1.19. The number of aryl methyl sites for hydroxylation is 1. The predicted octanol–water partition coefficient (Wildman–Crippen LogP) is -0.135. The Balaban J connectivity index is 2.52. The number of aromatic nitrogens is 2. The highest BCUT2D eigenvalue weighted by atomic mass is 16.3. The van der Waals surface area contributed by atoms with Crippen LogP contribution >= 0.6 is 0 Å². The van der Waals surface area contributed by atoms with E-state index in [0.29, 0.717) is 5.69 Å². The Bertz CT molecular complexity index is 304. The molecule has 5 nitrogen and oxygen atoms in total. The second kappa shape index (κ2) is 2.06. The van der Waals surface area contributed by atoms with Crippen molar-refractivity contribution in [2.75, 3.05) is 5.32 Å². The summed E-state index contributed by atoms with van der Waals surface area (Å²) in [6.07, 6.45) is 2.29. The number of hydrogen-bond donors (Lipinski definition) is 2. The number of rotatable bonds is 0. The summed E-state index contributed by atoms with van der Waals surface area (Å²) in [5, 5.41) is 12.2. The predicted molar refractivity (Wildman–Crippen MR) is 40.3 cm³/mol. The van der Waals surface area contributed by atoms with Gasteiger partial charge in [-0.2, -0.15) is 0 Å². The fourth-order valence-corrected chi connectivity index (χ4v) is 1.05. The van der Waals surface area contributed by atoms with Crippen molar-refractivity contribution in [1.29, 1.82) is 0 Å². The van der Waals surface area contributed by atoms with Gasteiger partial charge >= 0.3 is 0 Å². The van der Waals surface area contributed by atoms with E-state index in [1.54, 1.807) is 10.9 Å². The molecule has 1 aromatic heterocycles. The van der Waals surface area contributed by atoms with Gasteiger partial charge in [0, 0.05) is 7.05 Å². The molecule has 0 bridgehead atoms. The van der Waals surface area contributed by atoms with Gasteiger partial charge in [-0.1, -0.05) is 0 Å². The minimum atomic E-state index is -0.813. The smallest absolute Gasteiger partial charge is 0.193 e. The lowest BCUT2D eigenvalue weighted by Crippen LogP contribution is -2.11. The fraction of sp³-hybridized carbons (Fsp3) is 0.333. The first kappa shape index (κ1) is 6.36. The number of aliphatic hydroxyl groups is 1. The van der Waals surface area contributed by atoms with Crippen LogP contribution in [-0.2, 0) is 7.05 Å². The maximum atomic E-state index is 9.26. The van der Waals surface area contributed by atoms with Crippen LogP contribution in [0.3, 0.4) is 0 Å². The minimum Gasteiger partial charge on any atom is -0.366 e. The van der Waals surface area contributed by atoms with Gasteiger partial charge in [-0.05, 0) is 0 Å². The quantitative estimate of drug-likeness (QED) is 0.544. The average molecular weight is 152 g/mol. The summed E-state index contributed by atoms with van der Waals surface area (Å²) >= 11 is 0. The normalized spacial score (nSPS) is 21.1. The number of nitrogens with zero attached hydrogens (tertiary/aromatic N) is 3. The molecule has 1 aliphatic rings. The molecule has 0 fully saturated rings. The van der Waals surface area contributed by atoms with E-state index in [0.717, 1.165) is 5.82 Å². The number of fused-ring (bicyclic) bond motifs is 1. The Morgan fingerprint density at radius 3 is 3.27 bits per heavy atom. The molecule has 11 heavy (non-hydrogen) atoms. The molecule has 1 aromatic rings. The molecule has 5 heteroatoms. The van der Waals surface area contributed by atoms with Crippen LogP contribution in [0.15, 0.2) is 11.3 Å². The topological polar surface area (TPSA) is 62.4 Å². The van der Waals surface area contributed by atoms with Crippen molar-refractivity contribution < 1.29 is 5.11 Å². The molecule has 0 aromatic carbocycles. The highest BCUT2D eigenvalue weighted by Gasteiger charge is 2.18. The largest absolute Gasteiger partial charge is 0.366 e. The Morgan fingerprint density at radius 2 is 2.55 bits per heavy atom. The molecule has 0 saturated carbocycles. The first-order chi connectivity index (χ1) is 5.29. The van der Waals surface area contributed by atoms with Gasteiger partial charge in [-0.15, -0.1) is 0 Å². The summed E-state index contributed by atoms with van der Waals surface area (Å²) in [4.78, 5) is 7.70. The monoisotopic (exact) mass is 152 g/mol. The molecular weight excluding hydrogens is 144 g/mol. The highest BCUT2D eigenvalue weighted by Crippen LogP contribution is 2.23. The van der Waals surface area contributed by atoms with Gasteiger partial charge in [-0.3, -0.25) is 0 Å². The first-order valence-electron chi connectivity index (χ1n) is 3.26. The van der Waals surface area contributed by atoms with Crippen LogP contribution in [0.2, 0.25) is 0 Å². The summed E-state index contributed by atoms with van der Waals surface area (Å²) in [6.45, 7) is 0. The van der Waals surface area contributed by atoms with Crippen LogP contribution in [0, 0.1) is 0 Å². The van der Waals surface area contributed by atoms with Crippen LogP contribution in [-0.4, -0.2) is 21.0 Å². The summed E-state index contributed by atoms with van der Waals surface area (Å²) in [6, 6.07) is 0. The number of aliphatic imine (C=N–C) groups is 1. The molecular formula is C6H8N4O. The lowest BCUT2D eigenvalue weighted by atomic mass is 10.3. The third kappa shape index (κ3) is 0.813. The van der Waals surface area contributed by atoms with Crippen LogP contribution in [0.1, 0.15) is 11.9 Å². The van der Waals surface area contributed by atoms with Crippen molar-refractivity contribution in [3.05, 3.63) is 12.0 Å². The second-order valence-corrected chi connectivity index (χ2v) is 2.39. The van der Waals surface area contributed by atoms with Crippen LogP contribution in [0.5, 0.6) is 0 Å². The maximum Gasteiger partial charge on any atom is 0.193 e. The van der Waals surface area contributed by atoms with Gasteiger partial charge < -0.3 is 15.0 Å². The zero-order valence-electron chi connectivity index (χ0n) is 6.02. The molecule has 1 aliphatic heterocycles. The van der Waals surface area contributed by atoms with Crippen molar-refractivity contribution >= 4 is 12.2 Å². The minimum absolute atomic E-state index is 0.579. The van der Waals surface area contributed by atoms with E-state index >= 15 is 0 Å². The highest BCUT2D eigenvalue weighted by molar-refractivity contribution is 5.77. The van der Waals surface area contributed by atoms with E-state index in [1.807, 2.05) is 7.05 Å². The number of anilines is 1. The van der Waals surface area contributed by atoms with E-state index < -0.39 is 6.23 Å². The van der Waals surface area contributed by atoms with Crippen LogP contribution in [0.4, 0.5) is 5.82 Å². The second-order valence-electron chi connectivity index (χ2n) is 2.39. The van der Waals surface area contributed by atoms with Gasteiger partial charge in [0.2, 0.25) is 0 Å². The Labute approximate surface area is 63.4 Å². The van der Waals surface area contributed by atoms with Gasteiger partial charge in [-0.25, -0.2) is 9.98 Å². The van der Waals surface area contributed by atoms with E-state index in [9.17, 15) is 5.11 Å². The standard InChI is InChI=1S/C6H8N4O/c1-10-3-9-4-5(10)7-2-8-6(4)11/h2-3,6,11H,1H3,(H,7,8). The number of nitrogens with one attached hydrogen (secondary N) is 1. The SMILES string of the molecule is Cn1cnc2c1NC=NC2O. The lowest BCUT2D eigenvalue weighted by Gasteiger charge is -2.11. The van der Waals surface area contributed by atoms with Crippen LogP contribution < -0.4 is 5.32 Å². The third-order valence-corrected chi connectivity index (χ3v) is 1.63. The van der Waals surface area contributed by atoms with E-state index in [-0.39, 0.29) is 0 Å². The summed E-state index contributed by atoms with van der Waals surface area (Å²) in [7, 11) is 1.85. The van der Waals surface area contributed by atoms with Crippen molar-refractivity contribution in [2.24, 2.45) is 12.0 Å². The molecule has 2 heterocycles. The van der Waals surface area contributed by atoms with Crippen molar-refractivity contribution in [3.8, 4) is 0 Å². The van der Waals surface area contributed by atoms with Crippen molar-refractivity contribution in [3.63, 3.8) is 0 Å². The van der Waals surface area contributed by atoms with Crippen molar-refractivity contribution in [1.82, 2.24) is 9.55 Å². The molecule has 2 N–H and O–H groups in total. The molecule has 0 aliphatic carbocycles. The average Bonchev–Trinajstić information content (AvgIpc) is 2.35. The third-order valence-electron chi connectivity index (χ3n) is 1.63. The maximum absolute atomic E-state index is 9.26. The van der Waals surface area contributed by atoms with E-state index in [2.05, 4.69) is 15.3 Å². The molecule has 0 spiro atoms. The summed E-state index contributed by atoms with van der Waals surface area (Å²) in [5.74, 6) is 0.799. The Hall–Kier alpha value is -1.36. The van der Waals surface area contributed by atoms with Gasteiger partial charge in [0.1, 0.15) is 11.5 Å². The molecule has 1 unspecified atom stereocenters. The van der Waals surface area contributed by atoms with Gasteiger partial charge in [0.25, 0.3) is 0 Å².